The second kappa shape index (κ2) is 9.17. The van der Waals surface area contributed by atoms with Gasteiger partial charge in [-0.05, 0) is 31.4 Å². The quantitative estimate of drug-likeness (QED) is 0.671. The largest absolute Gasteiger partial charge is 0.376 e. The Morgan fingerprint density at radius 3 is 2.59 bits per heavy atom. The molecule has 0 spiro atoms. The molecule has 150 valence electrons. The summed E-state index contributed by atoms with van der Waals surface area (Å²) < 4.78 is 29.6. The number of rotatable bonds is 8. The van der Waals surface area contributed by atoms with Crippen molar-refractivity contribution in [2.45, 2.75) is 44.9 Å². The van der Waals surface area contributed by atoms with Crippen LogP contribution in [-0.2, 0) is 25.9 Å². The first-order chi connectivity index (χ1) is 13.0. The Morgan fingerprint density at radius 2 is 2.00 bits per heavy atom. The van der Waals surface area contributed by atoms with Gasteiger partial charge in [-0.1, -0.05) is 37.3 Å². The number of benzene rings is 1. The Hall–Kier alpha value is -1.44. The number of hydrogen-bond acceptors (Lipinski definition) is 5. The van der Waals surface area contributed by atoms with E-state index < -0.39 is 9.84 Å². The average Bonchev–Trinajstić information content (AvgIpc) is 3.29. The number of nitrogens with zero attached hydrogens (tertiary/aromatic N) is 2. The molecule has 0 aromatic heterocycles. The van der Waals surface area contributed by atoms with Crippen LogP contribution in [0.2, 0.25) is 0 Å². The molecule has 1 aromatic rings. The number of hydrogen-bond donors (Lipinski definition) is 0. The highest BCUT2D eigenvalue weighted by Crippen LogP contribution is 2.22. The zero-order chi connectivity index (χ0) is 19.3. The molecule has 1 aromatic carbocycles. The van der Waals surface area contributed by atoms with Crippen molar-refractivity contribution in [3.05, 3.63) is 35.9 Å². The van der Waals surface area contributed by atoms with E-state index in [0.29, 0.717) is 26.1 Å². The highest BCUT2D eigenvalue weighted by molar-refractivity contribution is 7.91. The van der Waals surface area contributed by atoms with Gasteiger partial charge in [0.05, 0.1) is 24.2 Å². The van der Waals surface area contributed by atoms with E-state index in [2.05, 4.69) is 17.0 Å². The topological polar surface area (TPSA) is 66.9 Å². The van der Waals surface area contributed by atoms with Crippen LogP contribution in [0.25, 0.3) is 0 Å². The van der Waals surface area contributed by atoms with Crippen LogP contribution in [0, 0.1) is 0 Å². The maximum atomic E-state index is 13.1. The monoisotopic (exact) mass is 394 g/mol. The summed E-state index contributed by atoms with van der Waals surface area (Å²) in [5.41, 5.74) is 1.17. The number of carbonyl (C=O) groups is 1. The third kappa shape index (κ3) is 5.77. The Bertz CT molecular complexity index is 717. The molecule has 2 aliphatic heterocycles. The molecule has 2 aliphatic rings. The van der Waals surface area contributed by atoms with Gasteiger partial charge in [-0.15, -0.1) is 0 Å². The van der Waals surface area contributed by atoms with Crippen molar-refractivity contribution < 1.29 is 17.9 Å². The summed E-state index contributed by atoms with van der Waals surface area (Å²) in [7, 11) is -3.04. The van der Waals surface area contributed by atoms with Crippen LogP contribution in [0.5, 0.6) is 0 Å². The van der Waals surface area contributed by atoms with E-state index in [4.69, 9.17) is 4.74 Å². The summed E-state index contributed by atoms with van der Waals surface area (Å²) in [5.74, 6) is 0.260. The lowest BCUT2D eigenvalue weighted by Crippen LogP contribution is -2.49. The SMILES string of the molecule is CCN(CC(=O)N(CC1CCCO1)C1CCS(=O)(=O)C1)Cc1ccccc1. The lowest BCUT2D eigenvalue weighted by molar-refractivity contribution is -0.136. The molecule has 6 nitrogen and oxygen atoms in total. The molecule has 3 rings (SSSR count). The Kier molecular flexibility index (Phi) is 6.89. The van der Waals surface area contributed by atoms with Crippen LogP contribution in [-0.4, -0.2) is 74.0 Å². The van der Waals surface area contributed by atoms with E-state index in [-0.39, 0.29) is 29.6 Å². The average molecular weight is 395 g/mol. The lowest BCUT2D eigenvalue weighted by Gasteiger charge is -2.32. The zero-order valence-corrected chi connectivity index (χ0v) is 16.9. The van der Waals surface area contributed by atoms with Crippen molar-refractivity contribution in [3.8, 4) is 0 Å². The number of carbonyl (C=O) groups excluding carboxylic acids is 1. The molecule has 1 amide bonds. The molecule has 0 N–H and O–H groups in total. The number of amides is 1. The van der Waals surface area contributed by atoms with E-state index in [1.807, 2.05) is 25.1 Å². The Balaban J connectivity index is 1.67. The van der Waals surface area contributed by atoms with Crippen molar-refractivity contribution in [2.24, 2.45) is 0 Å². The van der Waals surface area contributed by atoms with Gasteiger partial charge in [-0.2, -0.15) is 0 Å². The van der Waals surface area contributed by atoms with E-state index in [0.717, 1.165) is 26.0 Å². The molecule has 0 aliphatic carbocycles. The third-order valence-electron chi connectivity index (χ3n) is 5.45. The highest BCUT2D eigenvalue weighted by atomic mass is 32.2. The van der Waals surface area contributed by atoms with Gasteiger partial charge in [0.15, 0.2) is 9.84 Å². The van der Waals surface area contributed by atoms with Crippen LogP contribution in [0.3, 0.4) is 0 Å². The van der Waals surface area contributed by atoms with Crippen molar-refractivity contribution in [1.82, 2.24) is 9.80 Å². The van der Waals surface area contributed by atoms with Crippen molar-refractivity contribution in [1.29, 1.82) is 0 Å². The number of likely N-dealkylation sites (N-methyl/N-ethyl adjacent to an activating group) is 1. The summed E-state index contributed by atoms with van der Waals surface area (Å²) in [6.45, 7) is 5.04. The molecule has 2 unspecified atom stereocenters. The molecule has 27 heavy (non-hydrogen) atoms. The van der Waals surface area contributed by atoms with Gasteiger partial charge in [-0.25, -0.2) is 8.42 Å². The highest BCUT2D eigenvalue weighted by Gasteiger charge is 2.36. The minimum atomic E-state index is -3.04. The maximum absolute atomic E-state index is 13.1. The summed E-state index contributed by atoms with van der Waals surface area (Å²) in [4.78, 5) is 17.0. The summed E-state index contributed by atoms with van der Waals surface area (Å²) in [6, 6.07) is 9.87. The van der Waals surface area contributed by atoms with Crippen LogP contribution in [0.15, 0.2) is 30.3 Å². The first-order valence-corrected chi connectivity index (χ1v) is 11.7. The number of sulfone groups is 1. The third-order valence-corrected chi connectivity index (χ3v) is 7.20. The molecule has 2 atom stereocenters. The minimum absolute atomic E-state index is 0.00498. The van der Waals surface area contributed by atoms with Crippen LogP contribution >= 0.6 is 0 Å². The first-order valence-electron chi connectivity index (χ1n) is 9.84. The van der Waals surface area contributed by atoms with Crippen LogP contribution < -0.4 is 0 Å². The fraction of sp³-hybridized carbons (Fsp3) is 0.650. The predicted octanol–water partition coefficient (Wildman–Crippen LogP) is 1.70. The van der Waals surface area contributed by atoms with Gasteiger partial charge in [0, 0.05) is 25.7 Å². The molecule has 2 heterocycles. The second-order valence-electron chi connectivity index (χ2n) is 7.53. The summed E-state index contributed by atoms with van der Waals surface area (Å²) in [6.07, 6.45) is 2.50. The zero-order valence-electron chi connectivity index (χ0n) is 16.0. The van der Waals surface area contributed by atoms with Gasteiger partial charge >= 0.3 is 0 Å². The van der Waals surface area contributed by atoms with Gasteiger partial charge in [0.25, 0.3) is 0 Å². The van der Waals surface area contributed by atoms with Gasteiger partial charge < -0.3 is 9.64 Å². The smallest absolute Gasteiger partial charge is 0.237 e. The first kappa shape index (κ1) is 20.3. The van der Waals surface area contributed by atoms with Gasteiger partial charge in [0.2, 0.25) is 5.91 Å². The van der Waals surface area contributed by atoms with Gasteiger partial charge in [0.1, 0.15) is 0 Å². The molecule has 2 saturated heterocycles. The Morgan fingerprint density at radius 1 is 1.22 bits per heavy atom. The molecule has 0 radical (unpaired) electrons. The second-order valence-corrected chi connectivity index (χ2v) is 9.76. The summed E-state index contributed by atoms with van der Waals surface area (Å²) >= 11 is 0. The molecular weight excluding hydrogens is 364 g/mol. The molecule has 2 fully saturated rings. The number of ether oxygens (including phenoxy) is 1. The summed E-state index contributed by atoms with van der Waals surface area (Å²) in [5, 5.41) is 0. The predicted molar refractivity (Wildman–Crippen MR) is 105 cm³/mol. The molecule has 0 bridgehead atoms. The maximum Gasteiger partial charge on any atom is 0.237 e. The van der Waals surface area contributed by atoms with E-state index in [1.54, 1.807) is 4.90 Å². The molecular formula is C20H30N2O4S. The van der Waals surface area contributed by atoms with E-state index >= 15 is 0 Å². The minimum Gasteiger partial charge on any atom is -0.376 e. The van der Waals surface area contributed by atoms with Crippen LogP contribution in [0.1, 0.15) is 31.7 Å². The lowest BCUT2D eigenvalue weighted by atomic mass is 10.1. The van der Waals surface area contributed by atoms with E-state index in [1.165, 1.54) is 5.56 Å². The fourth-order valence-electron chi connectivity index (χ4n) is 3.89. The molecule has 0 saturated carbocycles. The standard InChI is InChI=1S/C20H30N2O4S/c1-2-21(13-17-7-4-3-5-8-17)15-20(23)22(14-19-9-6-11-26-19)18-10-12-27(24,25)16-18/h3-5,7-8,18-19H,2,6,9-16H2,1H3. The van der Waals surface area contributed by atoms with Crippen molar-refractivity contribution >= 4 is 15.7 Å². The fourth-order valence-corrected chi connectivity index (χ4v) is 5.62. The van der Waals surface area contributed by atoms with Crippen molar-refractivity contribution in [2.75, 3.05) is 37.7 Å². The van der Waals surface area contributed by atoms with Crippen LogP contribution in [0.4, 0.5) is 0 Å². The molecule has 7 heteroatoms. The van der Waals surface area contributed by atoms with Crippen molar-refractivity contribution in [3.63, 3.8) is 0 Å². The van der Waals surface area contributed by atoms with E-state index in [9.17, 15) is 13.2 Å². The Labute approximate surface area is 162 Å². The van der Waals surface area contributed by atoms with Gasteiger partial charge in [-0.3, -0.25) is 9.69 Å². The normalized spacial score (nSPS) is 24.4.